The van der Waals surface area contributed by atoms with Crippen molar-refractivity contribution in [2.45, 2.75) is 26.2 Å². The number of halogens is 1. The van der Waals surface area contributed by atoms with Crippen LogP contribution in [0.25, 0.3) is 0 Å². The highest BCUT2D eigenvalue weighted by molar-refractivity contribution is 9.11. The van der Waals surface area contributed by atoms with Gasteiger partial charge < -0.3 is 4.74 Å². The SMILES string of the molecule is COc1nc(Br)sc1C(C)(C)C. The van der Waals surface area contributed by atoms with E-state index in [9.17, 15) is 0 Å². The highest BCUT2D eigenvalue weighted by Gasteiger charge is 2.23. The van der Waals surface area contributed by atoms with Gasteiger partial charge in [-0.3, -0.25) is 0 Å². The molecule has 68 valence electrons. The predicted octanol–water partition coefficient (Wildman–Crippen LogP) is 3.21. The maximum Gasteiger partial charge on any atom is 0.229 e. The lowest BCUT2D eigenvalue weighted by atomic mass is 9.95. The fourth-order valence-electron chi connectivity index (χ4n) is 0.894. The lowest BCUT2D eigenvalue weighted by molar-refractivity contribution is 0.386. The number of methoxy groups -OCH3 is 1. The van der Waals surface area contributed by atoms with Gasteiger partial charge in [0.2, 0.25) is 5.88 Å². The summed E-state index contributed by atoms with van der Waals surface area (Å²) in [6.07, 6.45) is 0. The zero-order valence-electron chi connectivity index (χ0n) is 7.64. The van der Waals surface area contributed by atoms with Crippen LogP contribution in [-0.4, -0.2) is 12.1 Å². The Bertz CT molecular complexity index is 277. The number of hydrogen-bond donors (Lipinski definition) is 0. The van der Waals surface area contributed by atoms with Crippen LogP contribution in [0.3, 0.4) is 0 Å². The Balaban J connectivity index is 3.13. The number of nitrogens with zero attached hydrogens (tertiary/aromatic N) is 1. The van der Waals surface area contributed by atoms with Gasteiger partial charge in [0.15, 0.2) is 3.92 Å². The minimum atomic E-state index is 0.106. The molecule has 0 spiro atoms. The molecule has 4 heteroatoms. The Hall–Kier alpha value is -0.0900. The van der Waals surface area contributed by atoms with E-state index >= 15 is 0 Å². The normalized spacial score (nSPS) is 11.8. The molecular formula is C8H12BrNOS. The first-order valence-electron chi connectivity index (χ1n) is 3.66. The number of ether oxygens (including phenoxy) is 1. The van der Waals surface area contributed by atoms with Crippen molar-refractivity contribution in [3.8, 4) is 5.88 Å². The van der Waals surface area contributed by atoms with Crippen molar-refractivity contribution in [2.75, 3.05) is 7.11 Å². The summed E-state index contributed by atoms with van der Waals surface area (Å²) in [6, 6.07) is 0. The van der Waals surface area contributed by atoms with E-state index in [1.165, 1.54) is 4.88 Å². The van der Waals surface area contributed by atoms with E-state index in [-0.39, 0.29) is 5.41 Å². The first kappa shape index (κ1) is 9.99. The van der Waals surface area contributed by atoms with Gasteiger partial charge in [-0.15, -0.1) is 11.3 Å². The maximum absolute atomic E-state index is 5.16. The molecule has 12 heavy (non-hydrogen) atoms. The molecule has 0 saturated heterocycles. The minimum absolute atomic E-state index is 0.106. The average Bonchev–Trinajstić information content (AvgIpc) is 2.29. The second kappa shape index (κ2) is 3.34. The molecule has 1 aromatic heterocycles. The van der Waals surface area contributed by atoms with Gasteiger partial charge in [0, 0.05) is 5.41 Å². The Morgan fingerprint density at radius 3 is 2.33 bits per heavy atom. The van der Waals surface area contributed by atoms with Crippen LogP contribution in [-0.2, 0) is 5.41 Å². The second-order valence-corrected chi connectivity index (χ2v) is 5.83. The summed E-state index contributed by atoms with van der Waals surface area (Å²) in [4.78, 5) is 5.39. The Morgan fingerprint density at radius 2 is 2.00 bits per heavy atom. The number of thiazole rings is 1. The summed E-state index contributed by atoms with van der Waals surface area (Å²) >= 11 is 4.97. The molecule has 1 heterocycles. The van der Waals surface area contributed by atoms with Crippen molar-refractivity contribution in [1.29, 1.82) is 0 Å². The zero-order chi connectivity index (χ0) is 9.35. The van der Waals surface area contributed by atoms with Crippen LogP contribution in [0, 0.1) is 0 Å². The molecular weight excluding hydrogens is 238 g/mol. The fraction of sp³-hybridized carbons (Fsp3) is 0.625. The molecule has 0 saturated carbocycles. The molecule has 0 aliphatic carbocycles. The standard InChI is InChI=1S/C8H12BrNOS/c1-8(2,3)5-6(11-4)10-7(9)12-5/h1-4H3. The predicted molar refractivity (Wildman–Crippen MR) is 55.1 cm³/mol. The summed E-state index contributed by atoms with van der Waals surface area (Å²) < 4.78 is 6.04. The van der Waals surface area contributed by atoms with Gasteiger partial charge in [-0.25, -0.2) is 0 Å². The summed E-state index contributed by atoms with van der Waals surface area (Å²) in [5.41, 5.74) is 0.106. The lowest BCUT2D eigenvalue weighted by Gasteiger charge is -2.16. The van der Waals surface area contributed by atoms with E-state index in [0.29, 0.717) is 0 Å². The van der Waals surface area contributed by atoms with Gasteiger partial charge in [-0.2, -0.15) is 4.98 Å². The molecule has 0 aromatic carbocycles. The number of rotatable bonds is 1. The smallest absolute Gasteiger partial charge is 0.229 e. The van der Waals surface area contributed by atoms with Gasteiger partial charge >= 0.3 is 0 Å². The van der Waals surface area contributed by atoms with Crippen molar-refractivity contribution in [3.63, 3.8) is 0 Å². The van der Waals surface area contributed by atoms with Gasteiger partial charge in [0.1, 0.15) is 0 Å². The average molecular weight is 250 g/mol. The van der Waals surface area contributed by atoms with Crippen molar-refractivity contribution in [3.05, 3.63) is 8.79 Å². The van der Waals surface area contributed by atoms with Crippen LogP contribution in [0.2, 0.25) is 0 Å². The molecule has 0 fully saturated rings. The van der Waals surface area contributed by atoms with Gasteiger partial charge in [-0.05, 0) is 15.9 Å². The quantitative estimate of drug-likeness (QED) is 0.763. The van der Waals surface area contributed by atoms with E-state index in [0.717, 1.165) is 9.80 Å². The third-order valence-electron chi connectivity index (χ3n) is 1.44. The second-order valence-electron chi connectivity index (χ2n) is 3.56. The minimum Gasteiger partial charge on any atom is -0.480 e. The summed E-state index contributed by atoms with van der Waals surface area (Å²) in [6.45, 7) is 6.44. The molecule has 0 amide bonds. The molecule has 0 aliphatic heterocycles. The lowest BCUT2D eigenvalue weighted by Crippen LogP contribution is -2.10. The molecule has 0 N–H and O–H groups in total. The molecule has 2 nitrogen and oxygen atoms in total. The Morgan fingerprint density at radius 1 is 1.42 bits per heavy atom. The highest BCUT2D eigenvalue weighted by atomic mass is 79.9. The third kappa shape index (κ3) is 1.98. The van der Waals surface area contributed by atoms with Crippen molar-refractivity contribution >= 4 is 27.3 Å². The van der Waals surface area contributed by atoms with Crippen LogP contribution in [0.15, 0.2) is 3.92 Å². The van der Waals surface area contributed by atoms with E-state index in [4.69, 9.17) is 4.74 Å². The molecule has 1 rings (SSSR count). The van der Waals surface area contributed by atoms with Gasteiger partial charge in [0.05, 0.1) is 12.0 Å². The zero-order valence-corrected chi connectivity index (χ0v) is 10.0. The fourth-order valence-corrected chi connectivity index (χ4v) is 2.36. The molecule has 0 bridgehead atoms. The third-order valence-corrected chi connectivity index (χ3v) is 3.36. The van der Waals surface area contributed by atoms with E-state index in [1.807, 2.05) is 0 Å². The van der Waals surface area contributed by atoms with E-state index < -0.39 is 0 Å². The number of aromatic nitrogens is 1. The van der Waals surface area contributed by atoms with Gasteiger partial charge in [0.25, 0.3) is 0 Å². The first-order chi connectivity index (χ1) is 5.45. The molecule has 1 aromatic rings. The van der Waals surface area contributed by atoms with Crippen LogP contribution < -0.4 is 4.74 Å². The summed E-state index contributed by atoms with van der Waals surface area (Å²) in [7, 11) is 1.65. The Kier molecular flexibility index (Phi) is 2.78. The topological polar surface area (TPSA) is 22.1 Å². The van der Waals surface area contributed by atoms with Crippen molar-refractivity contribution < 1.29 is 4.74 Å². The molecule has 0 unspecified atom stereocenters. The van der Waals surface area contributed by atoms with Crippen LogP contribution in [0.1, 0.15) is 25.6 Å². The van der Waals surface area contributed by atoms with Crippen molar-refractivity contribution in [2.24, 2.45) is 0 Å². The van der Waals surface area contributed by atoms with Crippen LogP contribution >= 0.6 is 27.3 Å². The largest absolute Gasteiger partial charge is 0.480 e. The summed E-state index contributed by atoms with van der Waals surface area (Å²) in [5, 5.41) is 0. The van der Waals surface area contributed by atoms with E-state index in [2.05, 4.69) is 41.7 Å². The first-order valence-corrected chi connectivity index (χ1v) is 5.27. The number of hydrogen-bond acceptors (Lipinski definition) is 3. The monoisotopic (exact) mass is 249 g/mol. The highest BCUT2D eigenvalue weighted by Crippen LogP contribution is 2.37. The Labute approximate surface area is 85.1 Å². The molecule has 0 atom stereocenters. The molecule has 0 aliphatic rings. The van der Waals surface area contributed by atoms with E-state index in [1.54, 1.807) is 18.4 Å². The molecule has 0 radical (unpaired) electrons. The van der Waals surface area contributed by atoms with Crippen LogP contribution in [0.4, 0.5) is 0 Å². The van der Waals surface area contributed by atoms with Gasteiger partial charge in [-0.1, -0.05) is 20.8 Å². The maximum atomic E-state index is 5.16. The summed E-state index contributed by atoms with van der Waals surface area (Å²) in [5.74, 6) is 0.736. The van der Waals surface area contributed by atoms with Crippen LogP contribution in [0.5, 0.6) is 5.88 Å². The van der Waals surface area contributed by atoms with Crippen molar-refractivity contribution in [1.82, 2.24) is 4.98 Å².